The Hall–Kier alpha value is -5.08. The van der Waals surface area contributed by atoms with Crippen LogP contribution in [0.1, 0.15) is 0 Å². The molecule has 0 aliphatic carbocycles. The number of halogens is 1. The zero-order chi connectivity index (χ0) is 28.1. The smallest absolute Gasteiger partial charge is 1.00 e. The van der Waals surface area contributed by atoms with Crippen molar-refractivity contribution in [2.24, 2.45) is 0 Å². The first-order valence-corrected chi connectivity index (χ1v) is 13.6. The van der Waals surface area contributed by atoms with Crippen LogP contribution in [0.2, 0.25) is 0 Å². The van der Waals surface area contributed by atoms with Crippen LogP contribution in [-0.2, 0) is 16.8 Å². The van der Waals surface area contributed by atoms with Gasteiger partial charge in [0.2, 0.25) is 0 Å². The fourth-order valence-electron chi connectivity index (χ4n) is 5.04. The third-order valence-electron chi connectivity index (χ3n) is 7.03. The minimum absolute atomic E-state index is 0. The van der Waals surface area contributed by atoms with E-state index in [9.17, 15) is 0 Å². The summed E-state index contributed by atoms with van der Waals surface area (Å²) in [5.41, 5.74) is 5.86. The predicted octanol–water partition coefficient (Wildman–Crippen LogP) is 5.35. The number of hydrogen-bond donors (Lipinski definition) is 0. The Balaban J connectivity index is 0.000000128. The largest absolute Gasteiger partial charge is 2.00 e. The SMILES string of the molecule is [Cl-].[Co+2].c1cnc2c(c1)ccc1cccnc12.c1cnc2c(c1)ccc1cccnc12.c1cnc2c(c1)ccc1cccnc12. The normalized spacial score (nSPS) is 10.4. The van der Waals surface area contributed by atoms with Gasteiger partial charge in [-0.15, -0.1) is 0 Å². The number of rotatable bonds is 0. The van der Waals surface area contributed by atoms with Crippen molar-refractivity contribution in [2.75, 3.05) is 0 Å². The Kier molecular flexibility index (Phi) is 9.61. The third-order valence-corrected chi connectivity index (χ3v) is 7.03. The summed E-state index contributed by atoms with van der Waals surface area (Å²) < 4.78 is 0. The number of pyridine rings is 6. The molecular weight excluding hydrogens is 611 g/mol. The van der Waals surface area contributed by atoms with E-state index in [0.29, 0.717) is 0 Å². The van der Waals surface area contributed by atoms with Crippen molar-refractivity contribution < 1.29 is 29.2 Å². The molecule has 3 aromatic carbocycles. The fourth-order valence-corrected chi connectivity index (χ4v) is 5.04. The zero-order valence-electron chi connectivity index (χ0n) is 23.3. The molecule has 9 rings (SSSR count). The molecule has 0 fully saturated rings. The standard InChI is InChI=1S/3C12H8N2.ClH.Co/c3*1-3-9-5-6-10-4-2-8-14-12(10)11(9)13-7-1;;/h3*1-8H;1H;/q;;;;+2/p-1. The van der Waals surface area contributed by atoms with Gasteiger partial charge in [0.1, 0.15) is 0 Å². The first-order valence-electron chi connectivity index (χ1n) is 13.6. The summed E-state index contributed by atoms with van der Waals surface area (Å²) in [4.78, 5) is 26.1. The van der Waals surface area contributed by atoms with Crippen LogP contribution >= 0.6 is 0 Å². The molecule has 8 heteroatoms. The Morgan fingerprint density at radius 3 is 0.568 bits per heavy atom. The minimum atomic E-state index is 0. The van der Waals surface area contributed by atoms with Crippen molar-refractivity contribution in [1.29, 1.82) is 0 Å². The molecule has 9 aromatic rings. The van der Waals surface area contributed by atoms with E-state index in [1.54, 1.807) is 37.2 Å². The van der Waals surface area contributed by atoms with Crippen LogP contribution < -0.4 is 12.4 Å². The molecule has 6 aromatic heterocycles. The summed E-state index contributed by atoms with van der Waals surface area (Å²) in [5.74, 6) is 0. The maximum absolute atomic E-state index is 4.35. The van der Waals surface area contributed by atoms with Gasteiger partial charge in [-0.1, -0.05) is 72.8 Å². The van der Waals surface area contributed by atoms with E-state index in [4.69, 9.17) is 0 Å². The van der Waals surface area contributed by atoms with Crippen LogP contribution in [0.15, 0.2) is 146 Å². The summed E-state index contributed by atoms with van der Waals surface area (Å²) in [6.07, 6.45) is 10.8. The molecule has 0 aliphatic rings. The van der Waals surface area contributed by atoms with Crippen LogP contribution in [0, 0.1) is 0 Å². The summed E-state index contributed by atoms with van der Waals surface area (Å²) >= 11 is 0. The van der Waals surface area contributed by atoms with Crippen LogP contribution in [0.4, 0.5) is 0 Å². The molecule has 0 amide bonds. The molecule has 6 heterocycles. The average molecular weight is 635 g/mol. The maximum Gasteiger partial charge on any atom is 2.00 e. The average Bonchev–Trinajstić information content (AvgIpc) is 3.09. The van der Waals surface area contributed by atoms with Crippen molar-refractivity contribution in [3.8, 4) is 0 Å². The minimum Gasteiger partial charge on any atom is -1.00 e. The molecule has 213 valence electrons. The Bertz CT molecular complexity index is 1920. The molecule has 6 nitrogen and oxygen atoms in total. The number of nitrogens with zero attached hydrogens (tertiary/aromatic N) is 6. The Labute approximate surface area is 269 Å². The summed E-state index contributed by atoms with van der Waals surface area (Å²) in [7, 11) is 0. The van der Waals surface area contributed by atoms with Gasteiger partial charge in [0, 0.05) is 69.5 Å². The summed E-state index contributed by atoms with van der Waals surface area (Å²) in [5, 5.41) is 6.83. The van der Waals surface area contributed by atoms with Gasteiger partial charge in [-0.2, -0.15) is 0 Å². The van der Waals surface area contributed by atoms with Gasteiger partial charge in [0.15, 0.2) is 0 Å². The Morgan fingerprint density at radius 1 is 0.250 bits per heavy atom. The van der Waals surface area contributed by atoms with Crippen molar-refractivity contribution in [1.82, 2.24) is 29.9 Å². The molecule has 0 aliphatic heterocycles. The van der Waals surface area contributed by atoms with Crippen molar-refractivity contribution in [3.63, 3.8) is 0 Å². The third kappa shape index (κ3) is 6.16. The topological polar surface area (TPSA) is 77.3 Å². The molecule has 44 heavy (non-hydrogen) atoms. The Morgan fingerprint density at radius 2 is 0.409 bits per heavy atom. The zero-order valence-corrected chi connectivity index (χ0v) is 25.0. The molecule has 0 spiro atoms. The summed E-state index contributed by atoms with van der Waals surface area (Å²) in [6, 6.07) is 36.4. The second-order valence-corrected chi connectivity index (χ2v) is 9.65. The maximum atomic E-state index is 4.35. The van der Waals surface area contributed by atoms with Crippen molar-refractivity contribution >= 4 is 65.4 Å². The number of fused-ring (bicyclic) bond motifs is 9. The molecule has 0 unspecified atom stereocenters. The van der Waals surface area contributed by atoms with E-state index in [1.165, 1.54) is 0 Å². The number of aromatic nitrogens is 6. The number of benzene rings is 3. The molecule has 0 N–H and O–H groups in total. The second-order valence-electron chi connectivity index (χ2n) is 9.65. The predicted molar refractivity (Wildman–Crippen MR) is 171 cm³/mol. The van der Waals surface area contributed by atoms with Gasteiger partial charge < -0.3 is 12.4 Å². The van der Waals surface area contributed by atoms with Gasteiger partial charge >= 0.3 is 16.8 Å². The first-order chi connectivity index (χ1) is 20.8. The van der Waals surface area contributed by atoms with E-state index in [2.05, 4.69) is 103 Å². The first kappa shape index (κ1) is 30.4. The van der Waals surface area contributed by atoms with Crippen molar-refractivity contribution in [3.05, 3.63) is 146 Å². The molecule has 1 radical (unpaired) electrons. The molecule has 0 bridgehead atoms. The van der Waals surface area contributed by atoms with Gasteiger partial charge in [0.25, 0.3) is 0 Å². The van der Waals surface area contributed by atoms with Gasteiger partial charge in [-0.3, -0.25) is 29.9 Å². The molecule has 0 atom stereocenters. The summed E-state index contributed by atoms with van der Waals surface area (Å²) in [6.45, 7) is 0. The fraction of sp³-hybridized carbons (Fsp3) is 0. The second kappa shape index (κ2) is 13.9. The van der Waals surface area contributed by atoms with Crippen LogP contribution in [-0.4, -0.2) is 29.9 Å². The van der Waals surface area contributed by atoms with E-state index < -0.39 is 0 Å². The van der Waals surface area contributed by atoms with Crippen LogP contribution in [0.25, 0.3) is 65.4 Å². The van der Waals surface area contributed by atoms with Gasteiger partial charge in [-0.25, -0.2) is 0 Å². The van der Waals surface area contributed by atoms with E-state index in [1.807, 2.05) is 36.4 Å². The molecule has 0 saturated carbocycles. The number of hydrogen-bond acceptors (Lipinski definition) is 6. The van der Waals surface area contributed by atoms with Crippen LogP contribution in [0.3, 0.4) is 0 Å². The van der Waals surface area contributed by atoms with E-state index in [-0.39, 0.29) is 29.2 Å². The molecule has 0 saturated heterocycles. The van der Waals surface area contributed by atoms with Gasteiger partial charge in [-0.05, 0) is 36.4 Å². The van der Waals surface area contributed by atoms with Gasteiger partial charge in [0.05, 0.1) is 33.1 Å². The molecular formula is C36H24ClCoN6+. The van der Waals surface area contributed by atoms with Crippen LogP contribution in [0.5, 0.6) is 0 Å². The van der Waals surface area contributed by atoms with E-state index in [0.717, 1.165) is 65.4 Å². The quantitative estimate of drug-likeness (QED) is 0.209. The monoisotopic (exact) mass is 634 g/mol. The van der Waals surface area contributed by atoms with Crippen molar-refractivity contribution in [2.45, 2.75) is 0 Å². The van der Waals surface area contributed by atoms with E-state index >= 15 is 0 Å².